The fourth-order valence-electron chi connectivity index (χ4n) is 1.83. The lowest BCUT2D eigenvalue weighted by Gasteiger charge is -2.12. The van der Waals surface area contributed by atoms with Crippen molar-refractivity contribution in [1.82, 2.24) is 5.32 Å². The van der Waals surface area contributed by atoms with E-state index >= 15 is 0 Å². The smallest absolute Gasteiger partial charge is 0.150 e. The van der Waals surface area contributed by atoms with Gasteiger partial charge >= 0.3 is 0 Å². The Kier molecular flexibility index (Phi) is 7.67. The lowest BCUT2D eigenvalue weighted by molar-refractivity contribution is 0.313. The highest BCUT2D eigenvalue weighted by atomic mass is 32.2. The summed E-state index contributed by atoms with van der Waals surface area (Å²) in [7, 11) is -2.96. The van der Waals surface area contributed by atoms with E-state index in [9.17, 15) is 12.8 Å². The van der Waals surface area contributed by atoms with Crippen LogP contribution in [0.5, 0.6) is 5.75 Å². The van der Waals surface area contributed by atoms with E-state index in [1.54, 1.807) is 13.0 Å². The van der Waals surface area contributed by atoms with Crippen LogP contribution in [0.25, 0.3) is 0 Å². The van der Waals surface area contributed by atoms with Crippen LogP contribution in [-0.2, 0) is 16.4 Å². The molecule has 0 bridgehead atoms. The Morgan fingerprint density at radius 1 is 1.29 bits per heavy atom. The van der Waals surface area contributed by atoms with Gasteiger partial charge in [0.2, 0.25) is 0 Å². The second-order valence-electron chi connectivity index (χ2n) is 4.87. The maximum absolute atomic E-state index is 13.3. The number of benzene rings is 1. The van der Waals surface area contributed by atoms with Crippen molar-refractivity contribution in [2.75, 3.05) is 24.7 Å². The molecule has 0 saturated heterocycles. The van der Waals surface area contributed by atoms with Crippen LogP contribution in [0.4, 0.5) is 4.39 Å². The molecule has 0 heterocycles. The number of nitrogens with one attached hydrogen (secondary N) is 1. The second-order valence-corrected chi connectivity index (χ2v) is 7.34. The van der Waals surface area contributed by atoms with E-state index in [1.165, 1.54) is 12.1 Å². The first-order chi connectivity index (χ1) is 9.98. The van der Waals surface area contributed by atoms with Crippen molar-refractivity contribution in [3.8, 4) is 5.75 Å². The lowest BCUT2D eigenvalue weighted by atomic mass is 10.2. The summed E-state index contributed by atoms with van der Waals surface area (Å²) in [5.41, 5.74) is 0.752. The van der Waals surface area contributed by atoms with Gasteiger partial charge in [-0.05, 0) is 37.6 Å². The van der Waals surface area contributed by atoms with E-state index in [0.717, 1.165) is 18.5 Å². The van der Waals surface area contributed by atoms with Crippen LogP contribution in [0.3, 0.4) is 0 Å². The van der Waals surface area contributed by atoms with Crippen LogP contribution in [0.15, 0.2) is 18.2 Å². The minimum atomic E-state index is -2.96. The zero-order chi connectivity index (χ0) is 15.7. The number of sulfone groups is 1. The molecule has 0 amide bonds. The molecule has 0 spiro atoms. The molecule has 21 heavy (non-hydrogen) atoms. The third-order valence-electron chi connectivity index (χ3n) is 3.06. The van der Waals surface area contributed by atoms with Gasteiger partial charge in [-0.2, -0.15) is 0 Å². The summed E-state index contributed by atoms with van der Waals surface area (Å²) < 4.78 is 41.6. The van der Waals surface area contributed by atoms with E-state index < -0.39 is 9.84 Å². The Bertz CT molecular complexity index is 532. The normalized spacial score (nSPS) is 11.6. The first-order valence-electron chi connectivity index (χ1n) is 7.31. The zero-order valence-corrected chi connectivity index (χ0v) is 13.5. The SMILES string of the molecule is CCCNCc1cc(F)ccc1OCCCS(=O)(=O)CC. The van der Waals surface area contributed by atoms with E-state index in [4.69, 9.17) is 4.74 Å². The number of hydrogen-bond donors (Lipinski definition) is 1. The Morgan fingerprint density at radius 2 is 2.05 bits per heavy atom. The molecule has 0 aliphatic rings. The molecular weight excluding hydrogens is 293 g/mol. The molecule has 1 rings (SSSR count). The van der Waals surface area contributed by atoms with Crippen molar-refractivity contribution in [3.05, 3.63) is 29.6 Å². The molecule has 1 aromatic rings. The van der Waals surface area contributed by atoms with Gasteiger partial charge in [0.1, 0.15) is 21.4 Å². The van der Waals surface area contributed by atoms with E-state index in [1.807, 2.05) is 0 Å². The van der Waals surface area contributed by atoms with Gasteiger partial charge in [-0.1, -0.05) is 13.8 Å². The Balaban J connectivity index is 2.53. The molecule has 0 saturated carbocycles. The summed E-state index contributed by atoms with van der Waals surface area (Å²) in [5, 5.41) is 3.20. The molecule has 0 aliphatic heterocycles. The van der Waals surface area contributed by atoms with E-state index in [-0.39, 0.29) is 17.3 Å². The van der Waals surface area contributed by atoms with E-state index in [0.29, 0.717) is 25.3 Å². The molecule has 0 radical (unpaired) electrons. The zero-order valence-electron chi connectivity index (χ0n) is 12.7. The molecule has 0 atom stereocenters. The predicted molar refractivity (Wildman–Crippen MR) is 82.8 cm³/mol. The molecule has 4 nitrogen and oxygen atoms in total. The van der Waals surface area contributed by atoms with Crippen LogP contribution < -0.4 is 10.1 Å². The maximum Gasteiger partial charge on any atom is 0.150 e. The average molecular weight is 317 g/mol. The molecule has 1 N–H and O–H groups in total. The second kappa shape index (κ2) is 9.00. The minimum Gasteiger partial charge on any atom is -0.493 e. The number of ether oxygens (including phenoxy) is 1. The van der Waals surface area contributed by atoms with Crippen LogP contribution in [0.2, 0.25) is 0 Å². The van der Waals surface area contributed by atoms with Crippen LogP contribution >= 0.6 is 0 Å². The quantitative estimate of drug-likeness (QED) is 0.674. The van der Waals surface area contributed by atoms with Gasteiger partial charge in [0.15, 0.2) is 0 Å². The lowest BCUT2D eigenvalue weighted by Crippen LogP contribution is -2.16. The highest BCUT2D eigenvalue weighted by molar-refractivity contribution is 7.91. The highest BCUT2D eigenvalue weighted by Gasteiger charge is 2.08. The Labute approximate surface area is 126 Å². The van der Waals surface area contributed by atoms with Crippen LogP contribution in [0, 0.1) is 5.82 Å². The molecule has 120 valence electrons. The van der Waals surface area contributed by atoms with E-state index in [2.05, 4.69) is 12.2 Å². The monoisotopic (exact) mass is 317 g/mol. The predicted octanol–water partition coefficient (Wildman–Crippen LogP) is 2.53. The number of halogens is 1. The largest absolute Gasteiger partial charge is 0.493 e. The summed E-state index contributed by atoms with van der Waals surface area (Å²) in [4.78, 5) is 0. The van der Waals surface area contributed by atoms with Crippen molar-refractivity contribution in [3.63, 3.8) is 0 Å². The van der Waals surface area contributed by atoms with Crippen LogP contribution in [0.1, 0.15) is 32.3 Å². The van der Waals surface area contributed by atoms with Gasteiger partial charge in [0.05, 0.1) is 12.4 Å². The fraction of sp³-hybridized carbons (Fsp3) is 0.600. The highest BCUT2D eigenvalue weighted by Crippen LogP contribution is 2.20. The van der Waals surface area contributed by atoms with Crippen molar-refractivity contribution in [1.29, 1.82) is 0 Å². The first-order valence-corrected chi connectivity index (χ1v) is 9.13. The summed E-state index contributed by atoms with van der Waals surface area (Å²) in [6.45, 7) is 5.39. The number of hydrogen-bond acceptors (Lipinski definition) is 4. The maximum atomic E-state index is 13.3. The first kappa shape index (κ1) is 17.9. The van der Waals surface area contributed by atoms with Crippen LogP contribution in [-0.4, -0.2) is 33.1 Å². The van der Waals surface area contributed by atoms with Crippen molar-refractivity contribution in [2.45, 2.75) is 33.2 Å². The summed E-state index contributed by atoms with van der Waals surface area (Å²) >= 11 is 0. The molecule has 6 heteroatoms. The molecule has 0 fully saturated rings. The van der Waals surface area contributed by atoms with Gasteiger partial charge in [-0.15, -0.1) is 0 Å². The third-order valence-corrected chi connectivity index (χ3v) is 4.85. The van der Waals surface area contributed by atoms with Gasteiger partial charge in [0.25, 0.3) is 0 Å². The van der Waals surface area contributed by atoms with Gasteiger partial charge in [-0.25, -0.2) is 12.8 Å². The topological polar surface area (TPSA) is 55.4 Å². The van der Waals surface area contributed by atoms with Gasteiger partial charge in [-0.3, -0.25) is 0 Å². The van der Waals surface area contributed by atoms with Gasteiger partial charge < -0.3 is 10.1 Å². The van der Waals surface area contributed by atoms with Crippen molar-refractivity contribution in [2.24, 2.45) is 0 Å². The average Bonchev–Trinajstić information content (AvgIpc) is 2.45. The molecular formula is C15H24FNO3S. The Hall–Kier alpha value is -1.14. The summed E-state index contributed by atoms with van der Waals surface area (Å²) in [6.07, 6.45) is 1.44. The number of rotatable bonds is 10. The molecule has 0 aromatic heterocycles. The third kappa shape index (κ3) is 6.91. The molecule has 0 unspecified atom stereocenters. The molecule has 0 aliphatic carbocycles. The van der Waals surface area contributed by atoms with Crippen molar-refractivity contribution < 1.29 is 17.5 Å². The summed E-state index contributed by atoms with van der Waals surface area (Å²) in [5.74, 6) is 0.572. The fourth-order valence-corrected chi connectivity index (χ4v) is 2.68. The van der Waals surface area contributed by atoms with Crippen molar-refractivity contribution >= 4 is 9.84 Å². The molecule has 1 aromatic carbocycles. The van der Waals surface area contributed by atoms with Gasteiger partial charge in [0, 0.05) is 17.9 Å². The standard InChI is InChI=1S/C15H24FNO3S/c1-3-8-17-12-13-11-14(16)6-7-15(13)20-9-5-10-21(18,19)4-2/h6-7,11,17H,3-5,8-10,12H2,1-2H3. The minimum absolute atomic E-state index is 0.119. The Morgan fingerprint density at radius 3 is 2.71 bits per heavy atom. The summed E-state index contributed by atoms with van der Waals surface area (Å²) in [6, 6.07) is 4.38.